The van der Waals surface area contributed by atoms with Crippen molar-refractivity contribution >= 4 is 73.6 Å². The van der Waals surface area contributed by atoms with E-state index >= 15 is 0 Å². The first kappa shape index (κ1) is 24.0. The Labute approximate surface area is 203 Å². The summed E-state index contributed by atoms with van der Waals surface area (Å²) >= 11 is 13.1. The van der Waals surface area contributed by atoms with Crippen molar-refractivity contribution < 1.29 is 22.4 Å². The minimum absolute atomic E-state index is 0.00129. The highest BCUT2D eigenvalue weighted by atomic mass is 35.5. The summed E-state index contributed by atoms with van der Waals surface area (Å²) in [4.78, 5) is 14.2. The fraction of sp³-hybridized carbons (Fsp3) is 0.0500. The molecule has 4 aromatic rings. The van der Waals surface area contributed by atoms with Gasteiger partial charge < -0.3 is 14.7 Å². The Morgan fingerprint density at radius 1 is 1.03 bits per heavy atom. The number of fused-ring (bicyclic) bond motifs is 1. The SMILES string of the molecule is O=P(O)(CNS(=O)(=O)c1cc2c(Cl)ccc(Cl)c2s1)Oc1cncc(Nc2ccccc2)c1. The van der Waals surface area contributed by atoms with E-state index < -0.39 is 23.9 Å². The van der Waals surface area contributed by atoms with Gasteiger partial charge in [-0.15, -0.1) is 11.3 Å². The maximum absolute atomic E-state index is 12.7. The number of benzene rings is 2. The van der Waals surface area contributed by atoms with Gasteiger partial charge in [0.1, 0.15) is 16.2 Å². The summed E-state index contributed by atoms with van der Waals surface area (Å²) in [5, 5.41) is 4.26. The van der Waals surface area contributed by atoms with Gasteiger partial charge in [0, 0.05) is 22.2 Å². The molecule has 0 amide bonds. The molecule has 4 rings (SSSR count). The van der Waals surface area contributed by atoms with Crippen molar-refractivity contribution in [2.75, 3.05) is 11.6 Å². The van der Waals surface area contributed by atoms with Crippen LogP contribution in [0.3, 0.4) is 0 Å². The maximum atomic E-state index is 12.7. The number of sulfonamides is 1. The second-order valence-corrected chi connectivity index (χ2v) is 12.4. The number of hydrogen-bond donors (Lipinski definition) is 3. The second kappa shape index (κ2) is 9.60. The first-order valence-electron chi connectivity index (χ1n) is 9.29. The highest BCUT2D eigenvalue weighted by Gasteiger charge is 2.27. The zero-order valence-corrected chi connectivity index (χ0v) is 20.6. The van der Waals surface area contributed by atoms with E-state index in [1.54, 1.807) is 12.1 Å². The molecule has 172 valence electrons. The highest BCUT2D eigenvalue weighted by molar-refractivity contribution is 7.92. The van der Waals surface area contributed by atoms with Gasteiger partial charge in [-0.3, -0.25) is 4.98 Å². The minimum Gasteiger partial charge on any atom is -0.422 e. The van der Waals surface area contributed by atoms with Crippen molar-refractivity contribution in [2.45, 2.75) is 4.21 Å². The van der Waals surface area contributed by atoms with Crippen LogP contribution in [0.15, 0.2) is 71.2 Å². The van der Waals surface area contributed by atoms with E-state index in [-0.39, 0.29) is 9.96 Å². The summed E-state index contributed by atoms with van der Waals surface area (Å²) < 4.78 is 45.6. The lowest BCUT2D eigenvalue weighted by Gasteiger charge is -2.14. The molecule has 2 heterocycles. The van der Waals surface area contributed by atoms with Gasteiger partial charge in [-0.25, -0.2) is 13.0 Å². The van der Waals surface area contributed by atoms with Crippen LogP contribution < -0.4 is 14.6 Å². The number of pyridine rings is 1. The molecule has 0 aliphatic carbocycles. The third-order valence-corrected chi connectivity index (χ3v) is 9.37. The molecule has 0 fully saturated rings. The van der Waals surface area contributed by atoms with Crippen LogP contribution in [0.2, 0.25) is 10.0 Å². The third kappa shape index (κ3) is 5.85. The van der Waals surface area contributed by atoms with Gasteiger partial charge in [-0.2, -0.15) is 4.72 Å². The molecule has 3 N–H and O–H groups in total. The Kier molecular flexibility index (Phi) is 6.97. The molecule has 0 aliphatic heterocycles. The Bertz CT molecular complexity index is 1430. The van der Waals surface area contributed by atoms with Crippen LogP contribution in [-0.4, -0.2) is 24.6 Å². The van der Waals surface area contributed by atoms with Gasteiger partial charge >= 0.3 is 7.60 Å². The molecular formula is C20H16Cl2N3O5PS2. The molecule has 2 aromatic heterocycles. The average molecular weight is 544 g/mol. The van der Waals surface area contributed by atoms with Crippen molar-refractivity contribution in [3.05, 3.63) is 77.0 Å². The van der Waals surface area contributed by atoms with Gasteiger partial charge in [-0.1, -0.05) is 41.4 Å². The summed E-state index contributed by atoms with van der Waals surface area (Å²) in [6, 6.07) is 15.2. The molecule has 1 unspecified atom stereocenters. The third-order valence-electron chi connectivity index (χ3n) is 4.30. The fourth-order valence-corrected chi connectivity index (χ4v) is 7.31. The summed E-state index contributed by atoms with van der Waals surface area (Å²) in [6.07, 6.45) is 1.92. The zero-order chi connectivity index (χ0) is 23.6. The van der Waals surface area contributed by atoms with Crippen molar-refractivity contribution in [3.63, 3.8) is 0 Å². The van der Waals surface area contributed by atoms with Crippen LogP contribution in [0.1, 0.15) is 0 Å². The molecule has 0 bridgehead atoms. The first-order chi connectivity index (χ1) is 15.6. The summed E-state index contributed by atoms with van der Waals surface area (Å²) in [6.45, 7) is 0. The topological polar surface area (TPSA) is 118 Å². The van der Waals surface area contributed by atoms with Crippen LogP contribution in [0, 0.1) is 0 Å². The molecule has 13 heteroatoms. The van der Waals surface area contributed by atoms with Crippen molar-refractivity contribution in [2.24, 2.45) is 0 Å². The van der Waals surface area contributed by atoms with E-state index in [9.17, 15) is 17.9 Å². The second-order valence-electron chi connectivity index (χ2n) is 6.77. The number of para-hydroxylation sites is 1. The van der Waals surface area contributed by atoms with E-state index in [0.29, 0.717) is 25.8 Å². The number of hydrogen-bond acceptors (Lipinski definition) is 7. The number of rotatable bonds is 8. The van der Waals surface area contributed by atoms with Crippen LogP contribution in [-0.2, 0) is 14.6 Å². The largest absolute Gasteiger partial charge is 0.422 e. The summed E-state index contributed by atoms with van der Waals surface area (Å²) in [5.74, 6) is 0.00129. The van der Waals surface area contributed by atoms with Crippen LogP contribution in [0.5, 0.6) is 5.75 Å². The number of nitrogens with one attached hydrogen (secondary N) is 2. The predicted octanol–water partition coefficient (Wildman–Crippen LogP) is 5.85. The monoisotopic (exact) mass is 543 g/mol. The van der Waals surface area contributed by atoms with Gasteiger partial charge in [0.15, 0.2) is 0 Å². The van der Waals surface area contributed by atoms with E-state index in [0.717, 1.165) is 17.0 Å². The molecule has 2 aromatic carbocycles. The molecular weight excluding hydrogens is 528 g/mol. The predicted molar refractivity (Wildman–Crippen MR) is 131 cm³/mol. The first-order valence-corrected chi connectivity index (χ1v) is 14.1. The number of aromatic nitrogens is 1. The molecule has 0 radical (unpaired) electrons. The standard InChI is InChI=1S/C20H16Cl2N3O5PS2/c21-17-6-7-18(22)20-16(17)9-19(32-20)33(28,29)24-12-31(26,27)30-15-8-14(10-23-11-15)25-13-4-2-1-3-5-13/h1-11,24-25H,12H2,(H,26,27). The van der Waals surface area contributed by atoms with Crippen molar-refractivity contribution in [1.82, 2.24) is 9.71 Å². The molecule has 0 aliphatic rings. The minimum atomic E-state index is -4.39. The number of anilines is 2. The van der Waals surface area contributed by atoms with Crippen LogP contribution in [0.4, 0.5) is 11.4 Å². The van der Waals surface area contributed by atoms with Gasteiger partial charge in [0.05, 0.1) is 27.8 Å². The van der Waals surface area contributed by atoms with Gasteiger partial charge in [-0.05, 0) is 30.3 Å². The number of halogens is 2. The maximum Gasteiger partial charge on any atom is 0.391 e. The fourth-order valence-electron chi connectivity index (χ4n) is 2.83. The molecule has 33 heavy (non-hydrogen) atoms. The normalized spacial score (nSPS) is 13.5. The quantitative estimate of drug-likeness (QED) is 0.238. The lowest BCUT2D eigenvalue weighted by molar-refractivity contribution is 0.377. The summed E-state index contributed by atoms with van der Waals surface area (Å²) in [7, 11) is -8.51. The molecule has 0 spiro atoms. The van der Waals surface area contributed by atoms with E-state index in [1.807, 2.05) is 30.3 Å². The van der Waals surface area contributed by atoms with E-state index in [2.05, 4.69) is 15.0 Å². The van der Waals surface area contributed by atoms with Crippen LogP contribution in [0.25, 0.3) is 10.1 Å². The molecule has 0 saturated carbocycles. The lowest BCUT2D eigenvalue weighted by atomic mass is 10.3. The Hall–Kier alpha value is -2.17. The highest BCUT2D eigenvalue weighted by Crippen LogP contribution is 2.43. The van der Waals surface area contributed by atoms with Gasteiger partial charge in [0.2, 0.25) is 0 Å². The summed E-state index contributed by atoms with van der Waals surface area (Å²) in [5.41, 5.74) is 1.32. The van der Waals surface area contributed by atoms with E-state index in [4.69, 9.17) is 27.7 Å². The smallest absolute Gasteiger partial charge is 0.391 e. The molecule has 8 nitrogen and oxygen atoms in total. The van der Waals surface area contributed by atoms with Crippen molar-refractivity contribution in [1.29, 1.82) is 0 Å². The van der Waals surface area contributed by atoms with Gasteiger partial charge in [0.25, 0.3) is 10.0 Å². The average Bonchev–Trinajstić information content (AvgIpc) is 3.24. The van der Waals surface area contributed by atoms with Crippen molar-refractivity contribution in [3.8, 4) is 5.75 Å². The van der Waals surface area contributed by atoms with E-state index in [1.165, 1.54) is 24.5 Å². The Morgan fingerprint density at radius 3 is 2.48 bits per heavy atom. The zero-order valence-electron chi connectivity index (χ0n) is 16.6. The molecule has 0 saturated heterocycles. The Balaban J connectivity index is 1.46. The molecule has 1 atom stereocenters. The lowest BCUT2D eigenvalue weighted by Crippen LogP contribution is -2.25. The Morgan fingerprint density at radius 2 is 1.76 bits per heavy atom. The number of nitrogens with zero attached hydrogens (tertiary/aromatic N) is 1. The van der Waals surface area contributed by atoms with Crippen LogP contribution >= 0.6 is 42.1 Å². The number of thiophene rings is 1.